The summed E-state index contributed by atoms with van der Waals surface area (Å²) in [5, 5.41) is 0. The fourth-order valence-electron chi connectivity index (χ4n) is 5.82. The maximum Gasteiger partial charge on any atom is 0.414 e. The van der Waals surface area contributed by atoms with Crippen LogP contribution in [0.1, 0.15) is 24.5 Å². The Morgan fingerprint density at radius 3 is 2.52 bits per heavy atom. The molecule has 0 N–H and O–H groups in total. The minimum Gasteiger partial charge on any atom is -0.468 e. The van der Waals surface area contributed by atoms with Gasteiger partial charge in [-0.15, -0.1) is 0 Å². The van der Waals surface area contributed by atoms with Crippen LogP contribution >= 0.6 is 0 Å². The lowest BCUT2D eigenvalue weighted by atomic mass is 9.78. The van der Waals surface area contributed by atoms with Crippen LogP contribution in [0.4, 0.5) is 10.5 Å². The summed E-state index contributed by atoms with van der Waals surface area (Å²) < 4.78 is 10.6. The number of rotatable bonds is 3. The van der Waals surface area contributed by atoms with Crippen molar-refractivity contribution < 1.29 is 23.9 Å². The Balaban J connectivity index is 1.54. The second-order valence-corrected chi connectivity index (χ2v) is 8.10. The molecule has 6 nitrogen and oxygen atoms in total. The number of fused-ring (bicyclic) bond motifs is 3. The molecule has 4 atom stereocenters. The van der Waals surface area contributed by atoms with Gasteiger partial charge in [0.05, 0.1) is 18.8 Å². The minimum absolute atomic E-state index is 0.129. The fraction of sp³-hybridized carbons (Fsp3) is 0.348. The topological polar surface area (TPSA) is 72.9 Å². The average Bonchev–Trinajstić information content (AvgIpc) is 3.20. The number of methoxy groups -OCH3 is 1. The van der Waals surface area contributed by atoms with Crippen LogP contribution in [0.15, 0.2) is 54.6 Å². The normalized spacial score (nSPS) is 31.0. The van der Waals surface area contributed by atoms with Crippen molar-refractivity contribution in [3.63, 3.8) is 0 Å². The number of hydrogen-bond donors (Lipinski definition) is 0. The van der Waals surface area contributed by atoms with E-state index >= 15 is 0 Å². The minimum atomic E-state index is -1.21. The van der Waals surface area contributed by atoms with Gasteiger partial charge in [-0.1, -0.05) is 55.5 Å². The number of carbonyl (C=O) groups excluding carboxylic acids is 3. The maximum atomic E-state index is 13.1. The van der Waals surface area contributed by atoms with Gasteiger partial charge >= 0.3 is 12.1 Å². The number of hydrogen-bond acceptors (Lipinski definition) is 5. The molecule has 1 amide bonds. The highest BCUT2D eigenvalue weighted by Crippen LogP contribution is 2.79. The van der Waals surface area contributed by atoms with Crippen LogP contribution in [-0.4, -0.2) is 31.0 Å². The molecule has 1 aliphatic heterocycles. The van der Waals surface area contributed by atoms with E-state index in [1.54, 1.807) is 4.90 Å². The molecular formula is C23H21NO5. The van der Waals surface area contributed by atoms with Crippen molar-refractivity contribution in [1.29, 1.82) is 0 Å². The third-order valence-corrected chi connectivity index (χ3v) is 7.01. The first-order valence-electron chi connectivity index (χ1n) is 9.69. The zero-order valence-corrected chi connectivity index (χ0v) is 16.3. The number of ether oxygens (including phenoxy) is 2. The standard InChI is InChI=1S/C23H21NO5/c1-22-15-10-6-7-11-16(15)24(21(27)29-13-14-8-4-3-5-9-14)17-12-18(25)23(22,19(17)22)20(26)28-2/h3-11,17,19H,12-13H2,1-2H3. The molecule has 2 aromatic carbocycles. The Labute approximate surface area is 168 Å². The molecule has 5 rings (SSSR count). The molecule has 148 valence electrons. The molecule has 2 fully saturated rings. The van der Waals surface area contributed by atoms with Crippen molar-refractivity contribution in [3.05, 3.63) is 65.7 Å². The number of anilines is 1. The van der Waals surface area contributed by atoms with Crippen molar-refractivity contribution in [3.8, 4) is 0 Å². The van der Waals surface area contributed by atoms with Crippen LogP contribution in [0.2, 0.25) is 0 Å². The fourth-order valence-corrected chi connectivity index (χ4v) is 5.82. The van der Waals surface area contributed by atoms with Crippen LogP contribution in [0.25, 0.3) is 0 Å². The summed E-state index contributed by atoms with van der Waals surface area (Å²) in [6.45, 7) is 2.08. The summed E-state index contributed by atoms with van der Waals surface area (Å²) in [6.07, 6.45) is -0.377. The van der Waals surface area contributed by atoms with Gasteiger partial charge in [-0.25, -0.2) is 4.79 Å². The van der Waals surface area contributed by atoms with Gasteiger partial charge in [0.15, 0.2) is 5.78 Å². The molecule has 0 aromatic heterocycles. The molecule has 0 bridgehead atoms. The van der Waals surface area contributed by atoms with Crippen molar-refractivity contribution in [2.24, 2.45) is 11.3 Å². The van der Waals surface area contributed by atoms with Gasteiger partial charge in [0.25, 0.3) is 0 Å². The summed E-state index contributed by atoms with van der Waals surface area (Å²) in [7, 11) is 1.31. The Kier molecular flexibility index (Phi) is 3.66. The van der Waals surface area contributed by atoms with Crippen molar-refractivity contribution in [1.82, 2.24) is 0 Å². The van der Waals surface area contributed by atoms with E-state index in [4.69, 9.17) is 9.47 Å². The predicted octanol–water partition coefficient (Wildman–Crippen LogP) is 3.23. The highest BCUT2D eigenvalue weighted by Gasteiger charge is 2.90. The number of amides is 1. The Morgan fingerprint density at radius 1 is 1.10 bits per heavy atom. The van der Waals surface area contributed by atoms with Gasteiger partial charge in [-0.05, 0) is 17.2 Å². The lowest BCUT2D eigenvalue weighted by Crippen LogP contribution is -2.48. The van der Waals surface area contributed by atoms with Crippen molar-refractivity contribution >= 4 is 23.5 Å². The molecule has 2 aliphatic carbocycles. The van der Waals surface area contributed by atoms with E-state index in [-0.39, 0.29) is 24.7 Å². The monoisotopic (exact) mass is 391 g/mol. The van der Waals surface area contributed by atoms with Crippen LogP contribution in [0, 0.1) is 11.3 Å². The van der Waals surface area contributed by atoms with Crippen molar-refractivity contribution in [2.75, 3.05) is 12.0 Å². The summed E-state index contributed by atoms with van der Waals surface area (Å²) in [4.78, 5) is 40.5. The summed E-state index contributed by atoms with van der Waals surface area (Å²) >= 11 is 0. The van der Waals surface area contributed by atoms with E-state index in [1.165, 1.54) is 7.11 Å². The van der Waals surface area contributed by atoms with Crippen LogP contribution in [-0.2, 0) is 31.1 Å². The third-order valence-electron chi connectivity index (χ3n) is 7.01. The highest BCUT2D eigenvalue weighted by molar-refractivity contribution is 6.16. The molecule has 4 unspecified atom stereocenters. The van der Waals surface area contributed by atoms with Crippen LogP contribution in [0.3, 0.4) is 0 Å². The number of ketones is 1. The Hall–Kier alpha value is -3.15. The van der Waals surface area contributed by atoms with E-state index in [9.17, 15) is 14.4 Å². The number of carbonyl (C=O) groups is 3. The van der Waals surface area contributed by atoms with Gasteiger partial charge in [-0.3, -0.25) is 14.5 Å². The number of esters is 1. The largest absolute Gasteiger partial charge is 0.468 e. The average molecular weight is 391 g/mol. The van der Waals surface area contributed by atoms with E-state index in [0.29, 0.717) is 5.69 Å². The van der Waals surface area contributed by atoms with E-state index in [2.05, 4.69) is 0 Å². The SMILES string of the molecule is COC(=O)C12C(=O)CC3C1C2(C)c1ccccc1N3C(=O)OCc1ccccc1. The maximum absolute atomic E-state index is 13.1. The lowest BCUT2D eigenvalue weighted by molar-refractivity contribution is -0.151. The first-order valence-corrected chi connectivity index (χ1v) is 9.69. The molecule has 29 heavy (non-hydrogen) atoms. The molecule has 1 heterocycles. The zero-order chi connectivity index (χ0) is 20.4. The molecule has 0 saturated heterocycles. The molecule has 0 spiro atoms. The van der Waals surface area contributed by atoms with Crippen LogP contribution in [0.5, 0.6) is 0 Å². The molecule has 2 aromatic rings. The molecule has 6 heteroatoms. The van der Waals surface area contributed by atoms with E-state index in [0.717, 1.165) is 11.1 Å². The molecule has 0 radical (unpaired) electrons. The van der Waals surface area contributed by atoms with Gasteiger partial charge in [0.1, 0.15) is 12.0 Å². The smallest absolute Gasteiger partial charge is 0.414 e. The number of para-hydroxylation sites is 1. The van der Waals surface area contributed by atoms with E-state index < -0.39 is 28.9 Å². The highest BCUT2D eigenvalue weighted by atomic mass is 16.6. The third kappa shape index (κ3) is 2.03. The molecular weight excluding hydrogens is 370 g/mol. The van der Waals surface area contributed by atoms with Gasteiger partial charge in [-0.2, -0.15) is 0 Å². The van der Waals surface area contributed by atoms with Gasteiger partial charge in [0.2, 0.25) is 0 Å². The first-order chi connectivity index (χ1) is 14.0. The summed E-state index contributed by atoms with van der Waals surface area (Å²) in [5.41, 5.74) is 0.530. The first kappa shape index (κ1) is 17.9. The number of benzene rings is 2. The van der Waals surface area contributed by atoms with Crippen molar-refractivity contribution in [2.45, 2.75) is 31.4 Å². The lowest BCUT2D eigenvalue weighted by Gasteiger charge is -2.38. The Bertz CT molecular complexity index is 1030. The van der Waals surface area contributed by atoms with E-state index in [1.807, 2.05) is 61.5 Å². The molecule has 2 saturated carbocycles. The summed E-state index contributed by atoms with van der Waals surface area (Å²) in [6, 6.07) is 16.5. The second kappa shape index (κ2) is 5.92. The zero-order valence-electron chi connectivity index (χ0n) is 16.3. The Morgan fingerprint density at radius 2 is 1.79 bits per heavy atom. The predicted molar refractivity (Wildman–Crippen MR) is 104 cm³/mol. The van der Waals surface area contributed by atoms with Gasteiger partial charge < -0.3 is 9.47 Å². The number of Topliss-reactive ketones (excluding diaryl/α,β-unsaturated/α-hetero) is 1. The molecule has 3 aliphatic rings. The second-order valence-electron chi connectivity index (χ2n) is 8.10. The summed E-state index contributed by atoms with van der Waals surface area (Å²) in [5.74, 6) is -0.960. The van der Waals surface area contributed by atoms with Gasteiger partial charge in [0, 0.05) is 17.8 Å². The number of nitrogens with zero attached hydrogens (tertiary/aromatic N) is 1. The van der Waals surface area contributed by atoms with Crippen LogP contribution < -0.4 is 4.90 Å². The quantitative estimate of drug-likeness (QED) is 0.593.